The fraction of sp³-hybridized carbons (Fsp3) is 0.333. The molecule has 0 saturated heterocycles. The van der Waals surface area contributed by atoms with Crippen LogP contribution in [0.2, 0.25) is 5.02 Å². The van der Waals surface area contributed by atoms with E-state index in [0.717, 1.165) is 17.1 Å². The minimum Gasteiger partial charge on any atom is -0.308 e. The second-order valence-electron chi connectivity index (χ2n) is 3.54. The monoisotopic (exact) mass is 240 g/mol. The van der Waals surface area contributed by atoms with E-state index in [2.05, 4.69) is 15.6 Å². The second-order valence-corrected chi connectivity index (χ2v) is 3.97. The predicted octanol–water partition coefficient (Wildman–Crippen LogP) is 0.912. The molecule has 0 fully saturated rings. The molecule has 0 atom stereocenters. The van der Waals surface area contributed by atoms with E-state index >= 15 is 0 Å². The normalized spacial score (nSPS) is 10.8. The van der Waals surface area contributed by atoms with Crippen molar-refractivity contribution in [3.63, 3.8) is 0 Å². The highest BCUT2D eigenvalue weighted by molar-refractivity contribution is 6.30. The molecule has 2 aromatic rings. The summed E-state index contributed by atoms with van der Waals surface area (Å²) in [6.07, 6.45) is 3.36. The first-order chi connectivity index (χ1) is 7.61. The summed E-state index contributed by atoms with van der Waals surface area (Å²) in [5.41, 5.74) is 4.56. The van der Waals surface area contributed by atoms with Crippen LogP contribution in [0.5, 0.6) is 0 Å². The van der Waals surface area contributed by atoms with Crippen LogP contribution in [0.4, 0.5) is 5.82 Å². The SMILES string of the molecule is Cc1nn(C)c(NN)c1Cn1cc(Cl)cn1. The van der Waals surface area contributed by atoms with E-state index in [9.17, 15) is 0 Å². The molecule has 0 aliphatic rings. The first-order valence-electron chi connectivity index (χ1n) is 4.79. The molecule has 6 nitrogen and oxygen atoms in total. The molecule has 0 aliphatic carbocycles. The van der Waals surface area contributed by atoms with Crippen LogP contribution in [0.25, 0.3) is 0 Å². The first-order valence-corrected chi connectivity index (χ1v) is 5.16. The lowest BCUT2D eigenvalue weighted by molar-refractivity contribution is 0.684. The summed E-state index contributed by atoms with van der Waals surface area (Å²) in [5, 5.41) is 9.02. The zero-order chi connectivity index (χ0) is 11.7. The Morgan fingerprint density at radius 1 is 1.56 bits per heavy atom. The van der Waals surface area contributed by atoms with Gasteiger partial charge < -0.3 is 5.43 Å². The van der Waals surface area contributed by atoms with Gasteiger partial charge in [0, 0.05) is 18.8 Å². The Morgan fingerprint density at radius 3 is 2.88 bits per heavy atom. The van der Waals surface area contributed by atoms with Gasteiger partial charge in [0.2, 0.25) is 0 Å². The van der Waals surface area contributed by atoms with Crippen LogP contribution in [0.15, 0.2) is 12.4 Å². The lowest BCUT2D eigenvalue weighted by atomic mass is 10.2. The molecule has 2 rings (SSSR count). The van der Waals surface area contributed by atoms with E-state index in [1.54, 1.807) is 21.8 Å². The largest absolute Gasteiger partial charge is 0.308 e. The number of aromatic nitrogens is 4. The highest BCUT2D eigenvalue weighted by Gasteiger charge is 2.12. The van der Waals surface area contributed by atoms with Crippen LogP contribution in [0, 0.1) is 6.92 Å². The van der Waals surface area contributed by atoms with Gasteiger partial charge in [-0.25, -0.2) is 5.84 Å². The molecule has 7 heteroatoms. The molecule has 3 N–H and O–H groups in total. The highest BCUT2D eigenvalue weighted by Crippen LogP contribution is 2.19. The van der Waals surface area contributed by atoms with Gasteiger partial charge in [-0.3, -0.25) is 9.36 Å². The van der Waals surface area contributed by atoms with Crippen LogP contribution in [0.3, 0.4) is 0 Å². The maximum Gasteiger partial charge on any atom is 0.143 e. The number of nitrogen functional groups attached to an aromatic ring is 1. The molecule has 2 heterocycles. The predicted molar refractivity (Wildman–Crippen MR) is 62.1 cm³/mol. The summed E-state index contributed by atoms with van der Waals surface area (Å²) < 4.78 is 3.45. The van der Waals surface area contributed by atoms with Crippen LogP contribution in [-0.4, -0.2) is 19.6 Å². The van der Waals surface area contributed by atoms with Gasteiger partial charge in [-0.15, -0.1) is 0 Å². The molecule has 0 unspecified atom stereocenters. The summed E-state index contributed by atoms with van der Waals surface area (Å²) in [6.45, 7) is 2.52. The van der Waals surface area contributed by atoms with Crippen molar-refractivity contribution in [3.05, 3.63) is 28.7 Å². The van der Waals surface area contributed by atoms with E-state index < -0.39 is 0 Å². The minimum atomic E-state index is 0.589. The number of nitrogens with one attached hydrogen (secondary N) is 1. The molecule has 0 spiro atoms. The van der Waals surface area contributed by atoms with E-state index in [4.69, 9.17) is 17.4 Å². The van der Waals surface area contributed by atoms with Gasteiger partial charge in [0.25, 0.3) is 0 Å². The molecule has 0 radical (unpaired) electrons. The number of nitrogens with two attached hydrogens (primary N) is 1. The summed E-state index contributed by atoms with van der Waals surface area (Å²) in [7, 11) is 1.84. The maximum absolute atomic E-state index is 5.80. The van der Waals surface area contributed by atoms with Gasteiger partial charge in [-0.2, -0.15) is 10.2 Å². The number of halogens is 1. The Morgan fingerprint density at radius 2 is 2.31 bits per heavy atom. The lowest BCUT2D eigenvalue weighted by Gasteiger charge is -2.05. The van der Waals surface area contributed by atoms with Crippen molar-refractivity contribution in [1.82, 2.24) is 19.6 Å². The minimum absolute atomic E-state index is 0.589. The van der Waals surface area contributed by atoms with Gasteiger partial charge in [-0.05, 0) is 6.92 Å². The summed E-state index contributed by atoms with van der Waals surface area (Å²) >= 11 is 5.80. The summed E-state index contributed by atoms with van der Waals surface area (Å²) in [4.78, 5) is 0. The Kier molecular flexibility index (Phi) is 2.84. The molecule has 86 valence electrons. The lowest BCUT2D eigenvalue weighted by Crippen LogP contribution is -2.13. The van der Waals surface area contributed by atoms with Gasteiger partial charge in [0.15, 0.2) is 0 Å². The van der Waals surface area contributed by atoms with Gasteiger partial charge in [-0.1, -0.05) is 11.6 Å². The molecule has 0 aromatic carbocycles. The van der Waals surface area contributed by atoms with Gasteiger partial charge >= 0.3 is 0 Å². The van der Waals surface area contributed by atoms with Crippen molar-refractivity contribution in [2.75, 3.05) is 5.43 Å². The standard InChI is InChI=1S/C9H13ClN6/c1-6-8(9(13-11)15(2)14-6)5-16-4-7(10)3-12-16/h3-4,13H,5,11H2,1-2H3. The number of hydrogen-bond acceptors (Lipinski definition) is 4. The van der Waals surface area contributed by atoms with Crippen molar-refractivity contribution < 1.29 is 0 Å². The van der Waals surface area contributed by atoms with Gasteiger partial charge in [0.1, 0.15) is 5.82 Å². The highest BCUT2D eigenvalue weighted by atomic mass is 35.5. The van der Waals surface area contributed by atoms with Crippen molar-refractivity contribution >= 4 is 17.4 Å². The van der Waals surface area contributed by atoms with Crippen LogP contribution < -0.4 is 11.3 Å². The van der Waals surface area contributed by atoms with E-state index in [1.165, 1.54) is 0 Å². The molecule has 0 bridgehead atoms. The second kappa shape index (κ2) is 4.15. The average Bonchev–Trinajstić information content (AvgIpc) is 2.73. The Balaban J connectivity index is 2.33. The molecule has 2 aromatic heterocycles. The number of hydrogen-bond donors (Lipinski definition) is 2. The van der Waals surface area contributed by atoms with E-state index in [1.807, 2.05) is 14.0 Å². The number of anilines is 1. The van der Waals surface area contributed by atoms with E-state index in [-0.39, 0.29) is 0 Å². The Hall–Kier alpha value is -1.53. The third-order valence-electron chi connectivity index (χ3n) is 2.40. The van der Waals surface area contributed by atoms with Crippen LogP contribution in [0.1, 0.15) is 11.3 Å². The van der Waals surface area contributed by atoms with Crippen molar-refractivity contribution in [3.8, 4) is 0 Å². The fourth-order valence-corrected chi connectivity index (χ4v) is 1.81. The zero-order valence-corrected chi connectivity index (χ0v) is 9.86. The van der Waals surface area contributed by atoms with Crippen molar-refractivity contribution in [2.45, 2.75) is 13.5 Å². The molecular weight excluding hydrogens is 228 g/mol. The first kappa shape index (κ1) is 11.0. The fourth-order valence-electron chi connectivity index (χ4n) is 1.66. The third-order valence-corrected chi connectivity index (χ3v) is 2.60. The van der Waals surface area contributed by atoms with Crippen LogP contribution in [-0.2, 0) is 13.6 Å². The Labute approximate surface area is 98.0 Å². The number of nitrogens with zero attached hydrogens (tertiary/aromatic N) is 4. The van der Waals surface area contributed by atoms with Gasteiger partial charge in [0.05, 0.1) is 23.5 Å². The van der Waals surface area contributed by atoms with Crippen molar-refractivity contribution in [1.29, 1.82) is 0 Å². The summed E-state index contributed by atoms with van der Waals surface area (Å²) in [6, 6.07) is 0. The van der Waals surface area contributed by atoms with E-state index in [0.29, 0.717) is 11.6 Å². The summed E-state index contributed by atoms with van der Waals surface area (Å²) in [5.74, 6) is 6.24. The number of aryl methyl sites for hydroxylation is 2. The zero-order valence-electron chi connectivity index (χ0n) is 9.11. The van der Waals surface area contributed by atoms with Crippen molar-refractivity contribution in [2.24, 2.45) is 12.9 Å². The molecule has 16 heavy (non-hydrogen) atoms. The number of rotatable bonds is 3. The quantitative estimate of drug-likeness (QED) is 0.618. The Bertz CT molecular complexity index is 500. The molecule has 0 amide bonds. The topological polar surface area (TPSA) is 73.7 Å². The molecule has 0 aliphatic heterocycles. The molecule has 0 saturated carbocycles. The molecular formula is C9H13ClN6. The van der Waals surface area contributed by atoms with Crippen LogP contribution >= 0.6 is 11.6 Å². The third kappa shape index (κ3) is 1.89. The maximum atomic E-state index is 5.80. The smallest absolute Gasteiger partial charge is 0.143 e. The average molecular weight is 241 g/mol. The number of hydrazine groups is 1.